The van der Waals surface area contributed by atoms with Crippen molar-refractivity contribution in [3.05, 3.63) is 170 Å². The van der Waals surface area contributed by atoms with Crippen LogP contribution in [-0.2, 0) is 0 Å². The highest BCUT2D eigenvalue weighted by atomic mass is 14.2. The van der Waals surface area contributed by atoms with Gasteiger partial charge in [0.15, 0.2) is 0 Å². The van der Waals surface area contributed by atoms with Crippen molar-refractivity contribution in [3.8, 4) is 44.5 Å². The fourth-order valence-corrected chi connectivity index (χ4v) is 6.18. The summed E-state index contributed by atoms with van der Waals surface area (Å²) in [7, 11) is 0. The van der Waals surface area contributed by atoms with E-state index in [2.05, 4.69) is 159 Å². The monoisotopic (exact) mass is 534 g/mol. The second-order valence-corrected chi connectivity index (χ2v) is 10.6. The maximum Gasteiger partial charge on any atom is -0.00266 e. The molecule has 42 heavy (non-hydrogen) atoms. The van der Waals surface area contributed by atoms with Crippen molar-refractivity contribution in [3.63, 3.8) is 0 Å². The predicted octanol–water partition coefficient (Wildman–Crippen LogP) is 11.9. The van der Waals surface area contributed by atoms with E-state index in [1.807, 2.05) is 12.2 Å². The molecule has 0 radical (unpaired) electrons. The van der Waals surface area contributed by atoms with Gasteiger partial charge in [-0.15, -0.1) is 0 Å². The zero-order chi connectivity index (χ0) is 28.5. The number of fused-ring (bicyclic) bond motifs is 2. The van der Waals surface area contributed by atoms with Gasteiger partial charge in [-0.2, -0.15) is 0 Å². The first-order valence-corrected chi connectivity index (χ1v) is 14.3. The lowest BCUT2D eigenvalue weighted by Gasteiger charge is -2.20. The van der Waals surface area contributed by atoms with Crippen LogP contribution >= 0.6 is 0 Å². The number of hydrogen-bond donors (Lipinski definition) is 0. The SMILES string of the molecule is C=Cc1c(C=C)c(-c2ccc(-c3ccc4ccccc4c3)cc2)c2ccccc2c1-c1ccc(-c2ccccc2)cc1. The maximum absolute atomic E-state index is 4.27. The quantitative estimate of drug-likeness (QED) is 0.199. The lowest BCUT2D eigenvalue weighted by Crippen LogP contribution is -1.96. The minimum Gasteiger partial charge on any atom is -0.0984 e. The highest BCUT2D eigenvalue weighted by Gasteiger charge is 2.19. The van der Waals surface area contributed by atoms with Crippen molar-refractivity contribution < 1.29 is 0 Å². The smallest absolute Gasteiger partial charge is 0.00266 e. The van der Waals surface area contributed by atoms with E-state index in [1.165, 1.54) is 66.1 Å². The first kappa shape index (κ1) is 25.5. The molecule has 7 rings (SSSR count). The molecule has 198 valence electrons. The average molecular weight is 535 g/mol. The molecule has 0 saturated carbocycles. The second-order valence-electron chi connectivity index (χ2n) is 10.6. The number of benzene rings is 7. The van der Waals surface area contributed by atoms with Crippen LogP contribution in [0.1, 0.15) is 11.1 Å². The predicted molar refractivity (Wildman–Crippen MR) is 183 cm³/mol. The molecule has 0 aromatic heterocycles. The molecule has 0 nitrogen and oxygen atoms in total. The van der Waals surface area contributed by atoms with E-state index in [-0.39, 0.29) is 0 Å². The third kappa shape index (κ3) is 4.44. The Kier molecular flexibility index (Phi) is 6.58. The van der Waals surface area contributed by atoms with Gasteiger partial charge in [0.1, 0.15) is 0 Å². The van der Waals surface area contributed by atoms with Gasteiger partial charge >= 0.3 is 0 Å². The molecular formula is C42H30. The van der Waals surface area contributed by atoms with Crippen molar-refractivity contribution in [2.24, 2.45) is 0 Å². The van der Waals surface area contributed by atoms with Gasteiger partial charge in [0.05, 0.1) is 0 Å². The van der Waals surface area contributed by atoms with Crippen LogP contribution in [0.3, 0.4) is 0 Å². The Balaban J connectivity index is 1.37. The van der Waals surface area contributed by atoms with Gasteiger partial charge in [0.2, 0.25) is 0 Å². The average Bonchev–Trinajstić information content (AvgIpc) is 3.07. The molecule has 0 amide bonds. The molecule has 0 aliphatic heterocycles. The number of rotatable bonds is 6. The van der Waals surface area contributed by atoms with E-state index in [0.29, 0.717) is 0 Å². The fourth-order valence-electron chi connectivity index (χ4n) is 6.18. The summed E-state index contributed by atoms with van der Waals surface area (Å²) < 4.78 is 0. The van der Waals surface area contributed by atoms with Crippen LogP contribution in [0.15, 0.2) is 159 Å². The summed E-state index contributed by atoms with van der Waals surface area (Å²) in [6, 6.07) is 52.2. The molecule has 0 atom stereocenters. The molecule has 0 aliphatic rings. The zero-order valence-electron chi connectivity index (χ0n) is 23.4. The van der Waals surface area contributed by atoms with Gasteiger partial charge in [-0.1, -0.05) is 165 Å². The minimum absolute atomic E-state index is 1.10. The standard InChI is InChI=1S/C42H30/c1-3-37-38(4-2)42(34-25-20-32(21-26-34)36-27-22-30-14-8-9-15-35(30)28-36)40-17-11-10-16-39(40)41(37)33-23-18-31(19-24-33)29-12-6-5-7-13-29/h3-28H,1-2H2. The van der Waals surface area contributed by atoms with Gasteiger partial charge in [-0.05, 0) is 83.2 Å². The Morgan fingerprint density at radius 1 is 0.333 bits per heavy atom. The Labute approximate surface area is 247 Å². The van der Waals surface area contributed by atoms with E-state index in [1.54, 1.807) is 0 Å². The van der Waals surface area contributed by atoms with Crippen LogP contribution in [-0.4, -0.2) is 0 Å². The minimum atomic E-state index is 1.10. The largest absolute Gasteiger partial charge is 0.0984 e. The first-order valence-electron chi connectivity index (χ1n) is 14.3. The lowest BCUT2D eigenvalue weighted by molar-refractivity contribution is 1.57. The molecule has 7 aromatic carbocycles. The maximum atomic E-state index is 4.27. The normalized spacial score (nSPS) is 11.0. The molecule has 0 N–H and O–H groups in total. The van der Waals surface area contributed by atoms with Crippen molar-refractivity contribution in [2.45, 2.75) is 0 Å². The molecule has 0 bridgehead atoms. The van der Waals surface area contributed by atoms with E-state index in [0.717, 1.165) is 11.1 Å². The molecule has 0 fully saturated rings. The van der Waals surface area contributed by atoms with Gasteiger partial charge in [-0.3, -0.25) is 0 Å². The summed E-state index contributed by atoms with van der Waals surface area (Å²) in [6.07, 6.45) is 3.97. The molecule has 0 heterocycles. The molecule has 0 heteroatoms. The fraction of sp³-hybridized carbons (Fsp3) is 0. The highest BCUT2D eigenvalue weighted by molar-refractivity contribution is 6.11. The van der Waals surface area contributed by atoms with Crippen molar-refractivity contribution >= 4 is 33.7 Å². The second kappa shape index (κ2) is 10.8. The summed E-state index contributed by atoms with van der Waals surface area (Å²) in [5, 5.41) is 4.92. The summed E-state index contributed by atoms with van der Waals surface area (Å²) in [6.45, 7) is 8.53. The van der Waals surface area contributed by atoms with Crippen LogP contribution in [0.2, 0.25) is 0 Å². The first-order chi connectivity index (χ1) is 20.7. The van der Waals surface area contributed by atoms with Crippen molar-refractivity contribution in [2.75, 3.05) is 0 Å². The van der Waals surface area contributed by atoms with E-state index >= 15 is 0 Å². The van der Waals surface area contributed by atoms with Crippen LogP contribution < -0.4 is 0 Å². The Morgan fingerprint density at radius 2 is 0.738 bits per heavy atom. The Bertz CT molecular complexity index is 2080. The zero-order valence-corrected chi connectivity index (χ0v) is 23.4. The van der Waals surface area contributed by atoms with Crippen LogP contribution in [0.5, 0.6) is 0 Å². The lowest BCUT2D eigenvalue weighted by atomic mass is 9.83. The third-order valence-electron chi connectivity index (χ3n) is 8.24. The van der Waals surface area contributed by atoms with E-state index in [9.17, 15) is 0 Å². The molecule has 0 spiro atoms. The summed E-state index contributed by atoms with van der Waals surface area (Å²) in [5.41, 5.74) is 11.7. The molecule has 0 saturated heterocycles. The van der Waals surface area contributed by atoms with E-state index < -0.39 is 0 Å². The van der Waals surface area contributed by atoms with Gasteiger partial charge in [-0.25, -0.2) is 0 Å². The van der Waals surface area contributed by atoms with Crippen LogP contribution in [0.25, 0.3) is 78.2 Å². The topological polar surface area (TPSA) is 0 Å². The highest BCUT2D eigenvalue weighted by Crippen LogP contribution is 2.43. The van der Waals surface area contributed by atoms with Gasteiger partial charge in [0, 0.05) is 0 Å². The third-order valence-corrected chi connectivity index (χ3v) is 8.24. The van der Waals surface area contributed by atoms with Crippen LogP contribution in [0, 0.1) is 0 Å². The Morgan fingerprint density at radius 3 is 1.29 bits per heavy atom. The van der Waals surface area contributed by atoms with Crippen LogP contribution in [0.4, 0.5) is 0 Å². The molecule has 0 aliphatic carbocycles. The molecule has 7 aromatic rings. The van der Waals surface area contributed by atoms with Gasteiger partial charge in [0.25, 0.3) is 0 Å². The van der Waals surface area contributed by atoms with E-state index in [4.69, 9.17) is 0 Å². The summed E-state index contributed by atoms with van der Waals surface area (Å²) in [4.78, 5) is 0. The van der Waals surface area contributed by atoms with Gasteiger partial charge < -0.3 is 0 Å². The molecule has 0 unspecified atom stereocenters. The van der Waals surface area contributed by atoms with Crippen molar-refractivity contribution in [1.82, 2.24) is 0 Å². The Hall–Kier alpha value is -5.46. The summed E-state index contributed by atoms with van der Waals surface area (Å²) in [5.74, 6) is 0. The van der Waals surface area contributed by atoms with Crippen molar-refractivity contribution in [1.29, 1.82) is 0 Å². The summed E-state index contributed by atoms with van der Waals surface area (Å²) >= 11 is 0. The molecular weight excluding hydrogens is 504 g/mol. The number of hydrogen-bond acceptors (Lipinski definition) is 0.